The molecule has 0 aliphatic carbocycles. The lowest BCUT2D eigenvalue weighted by atomic mass is 10.3. The summed E-state index contributed by atoms with van der Waals surface area (Å²) in [6.45, 7) is 6.67. The van der Waals surface area contributed by atoms with Crippen LogP contribution < -0.4 is 5.32 Å². The summed E-state index contributed by atoms with van der Waals surface area (Å²) in [5.41, 5.74) is 0.0872. The number of nitrogens with zero attached hydrogens (tertiary/aromatic N) is 3. The molecule has 0 atom stereocenters. The van der Waals surface area contributed by atoms with Crippen molar-refractivity contribution in [3.05, 3.63) is 11.8 Å². The fourth-order valence-electron chi connectivity index (χ4n) is 2.23. The van der Waals surface area contributed by atoms with Gasteiger partial charge in [0.15, 0.2) is 0 Å². The van der Waals surface area contributed by atoms with E-state index >= 15 is 0 Å². The Morgan fingerprint density at radius 1 is 1.29 bits per heavy atom. The minimum atomic E-state index is -0.356. The molecule has 0 aromatic rings. The normalized spacial score (nSPS) is 15.8. The fourth-order valence-corrected chi connectivity index (χ4v) is 2.23. The van der Waals surface area contributed by atoms with Crippen molar-refractivity contribution in [2.45, 2.75) is 0 Å². The molecular formula is C16H28N4O4. The highest BCUT2D eigenvalue weighted by atomic mass is 16.5. The van der Waals surface area contributed by atoms with Crippen LogP contribution in [0, 0.1) is 11.3 Å². The van der Waals surface area contributed by atoms with E-state index in [1.807, 2.05) is 11.0 Å². The molecule has 8 nitrogen and oxygen atoms in total. The van der Waals surface area contributed by atoms with Crippen LogP contribution in [-0.2, 0) is 19.0 Å². The van der Waals surface area contributed by atoms with E-state index in [9.17, 15) is 10.1 Å². The second-order valence-electron chi connectivity index (χ2n) is 5.39. The first kappa shape index (κ1) is 20.4. The third-order valence-corrected chi connectivity index (χ3v) is 3.66. The van der Waals surface area contributed by atoms with Crippen molar-refractivity contribution in [1.29, 1.82) is 5.26 Å². The van der Waals surface area contributed by atoms with Crippen LogP contribution in [-0.4, -0.2) is 95.6 Å². The van der Waals surface area contributed by atoms with Crippen LogP contribution in [0.5, 0.6) is 0 Å². The maximum absolute atomic E-state index is 12.2. The van der Waals surface area contributed by atoms with Crippen LogP contribution in [0.1, 0.15) is 0 Å². The lowest BCUT2D eigenvalue weighted by Crippen LogP contribution is -2.41. The maximum atomic E-state index is 12.2. The Hall–Kier alpha value is -1.66. The van der Waals surface area contributed by atoms with E-state index in [1.54, 1.807) is 20.4 Å². The van der Waals surface area contributed by atoms with Gasteiger partial charge < -0.3 is 24.4 Å². The van der Waals surface area contributed by atoms with Crippen molar-refractivity contribution >= 4 is 5.91 Å². The molecule has 1 amide bonds. The molecule has 1 rings (SSSR count). The van der Waals surface area contributed by atoms with Gasteiger partial charge in [-0.2, -0.15) is 5.26 Å². The van der Waals surface area contributed by atoms with Gasteiger partial charge in [-0.1, -0.05) is 0 Å². The van der Waals surface area contributed by atoms with Crippen LogP contribution in [0.3, 0.4) is 0 Å². The number of ether oxygens (including phenoxy) is 3. The number of nitrogens with one attached hydrogen (secondary N) is 1. The topological polar surface area (TPSA) is 87.1 Å². The van der Waals surface area contributed by atoms with E-state index in [0.29, 0.717) is 32.8 Å². The van der Waals surface area contributed by atoms with E-state index in [-0.39, 0.29) is 11.5 Å². The largest absolute Gasteiger partial charge is 0.383 e. The number of rotatable bonds is 11. The highest BCUT2D eigenvalue weighted by Gasteiger charge is 2.13. The zero-order valence-corrected chi connectivity index (χ0v) is 14.6. The van der Waals surface area contributed by atoms with E-state index in [1.165, 1.54) is 0 Å². The second kappa shape index (κ2) is 12.7. The standard InChI is InChI=1S/C16H28N4O4/c1-22-9-5-20(6-10-23-2)14-15(13-17)16(21)18-3-4-19-7-11-24-12-8-19/h14H,3-12H2,1-2H3,(H,18,21)/b15-14-. The third kappa shape index (κ3) is 8.26. The number of hydrogen-bond donors (Lipinski definition) is 1. The van der Waals surface area contributed by atoms with Gasteiger partial charge in [-0.15, -0.1) is 0 Å². The molecule has 1 N–H and O–H groups in total. The lowest BCUT2D eigenvalue weighted by molar-refractivity contribution is -0.117. The average Bonchev–Trinajstić information content (AvgIpc) is 2.62. The summed E-state index contributed by atoms with van der Waals surface area (Å²) in [6, 6.07) is 1.97. The number of nitriles is 1. The molecule has 1 aliphatic rings. The quantitative estimate of drug-likeness (QED) is 0.398. The van der Waals surface area contributed by atoms with E-state index < -0.39 is 0 Å². The smallest absolute Gasteiger partial charge is 0.263 e. The molecule has 8 heteroatoms. The molecule has 136 valence electrons. The summed E-state index contributed by atoms with van der Waals surface area (Å²) >= 11 is 0. The van der Waals surface area contributed by atoms with Crippen LogP contribution in [0.15, 0.2) is 11.8 Å². The van der Waals surface area contributed by atoms with Gasteiger partial charge in [0.1, 0.15) is 11.6 Å². The molecule has 0 unspecified atom stereocenters. The summed E-state index contributed by atoms with van der Waals surface area (Å²) in [6.07, 6.45) is 1.57. The minimum Gasteiger partial charge on any atom is -0.383 e. The predicted molar refractivity (Wildman–Crippen MR) is 89.3 cm³/mol. The van der Waals surface area contributed by atoms with Crippen molar-refractivity contribution in [3.63, 3.8) is 0 Å². The minimum absolute atomic E-state index is 0.0872. The molecule has 0 aromatic heterocycles. The summed E-state index contributed by atoms with van der Waals surface area (Å²) in [5, 5.41) is 12.0. The van der Waals surface area contributed by atoms with Crippen LogP contribution in [0.2, 0.25) is 0 Å². The third-order valence-electron chi connectivity index (χ3n) is 3.66. The summed E-state index contributed by atoms with van der Waals surface area (Å²) < 4.78 is 15.4. The molecular weight excluding hydrogens is 312 g/mol. The highest BCUT2D eigenvalue weighted by molar-refractivity contribution is 5.97. The number of carbonyl (C=O) groups is 1. The molecule has 1 fully saturated rings. The van der Waals surface area contributed by atoms with Gasteiger partial charge >= 0.3 is 0 Å². The Kier molecular flexibility index (Phi) is 10.8. The first-order valence-electron chi connectivity index (χ1n) is 8.13. The van der Waals surface area contributed by atoms with Crippen molar-refractivity contribution in [3.8, 4) is 6.07 Å². The van der Waals surface area contributed by atoms with Crippen LogP contribution in [0.25, 0.3) is 0 Å². The fraction of sp³-hybridized carbons (Fsp3) is 0.750. The molecule has 24 heavy (non-hydrogen) atoms. The highest BCUT2D eigenvalue weighted by Crippen LogP contribution is 2.00. The van der Waals surface area contributed by atoms with Gasteiger partial charge in [0.2, 0.25) is 0 Å². The number of hydrogen-bond acceptors (Lipinski definition) is 7. The van der Waals surface area contributed by atoms with Crippen molar-refractivity contribution in [1.82, 2.24) is 15.1 Å². The first-order valence-corrected chi connectivity index (χ1v) is 8.13. The van der Waals surface area contributed by atoms with Gasteiger partial charge in [0.05, 0.1) is 26.4 Å². The number of morpholine rings is 1. The van der Waals surface area contributed by atoms with Gasteiger partial charge in [-0.3, -0.25) is 9.69 Å². The second-order valence-corrected chi connectivity index (χ2v) is 5.39. The van der Waals surface area contributed by atoms with Gasteiger partial charge in [-0.05, 0) is 0 Å². The van der Waals surface area contributed by atoms with Gasteiger partial charge in [0, 0.05) is 59.7 Å². The average molecular weight is 340 g/mol. The molecule has 1 saturated heterocycles. The monoisotopic (exact) mass is 340 g/mol. The maximum Gasteiger partial charge on any atom is 0.263 e. The van der Waals surface area contributed by atoms with Crippen LogP contribution in [0.4, 0.5) is 0 Å². The number of methoxy groups -OCH3 is 2. The molecule has 1 aliphatic heterocycles. The van der Waals surface area contributed by atoms with Gasteiger partial charge in [0.25, 0.3) is 5.91 Å². The lowest BCUT2D eigenvalue weighted by Gasteiger charge is -2.26. The summed E-state index contributed by atoms with van der Waals surface area (Å²) in [4.78, 5) is 16.2. The van der Waals surface area contributed by atoms with Gasteiger partial charge in [-0.25, -0.2) is 0 Å². The summed E-state index contributed by atoms with van der Waals surface area (Å²) in [7, 11) is 3.23. The molecule has 0 spiro atoms. The Morgan fingerprint density at radius 3 is 2.46 bits per heavy atom. The molecule has 0 bridgehead atoms. The Balaban J connectivity index is 2.47. The molecule has 0 aromatic carbocycles. The zero-order chi connectivity index (χ0) is 17.6. The predicted octanol–water partition coefficient (Wildman–Crippen LogP) is -0.563. The van der Waals surface area contributed by atoms with Crippen molar-refractivity contribution in [2.24, 2.45) is 0 Å². The van der Waals surface area contributed by atoms with E-state index in [4.69, 9.17) is 14.2 Å². The Bertz CT molecular complexity index is 422. The van der Waals surface area contributed by atoms with Crippen LogP contribution >= 0.6 is 0 Å². The molecule has 1 heterocycles. The Labute approximate surface area is 143 Å². The number of carbonyl (C=O) groups excluding carboxylic acids is 1. The summed E-state index contributed by atoms with van der Waals surface area (Å²) in [5.74, 6) is -0.356. The van der Waals surface area contributed by atoms with E-state index in [0.717, 1.165) is 32.8 Å². The Morgan fingerprint density at radius 2 is 1.92 bits per heavy atom. The zero-order valence-electron chi connectivity index (χ0n) is 14.6. The first-order chi connectivity index (χ1) is 11.7. The van der Waals surface area contributed by atoms with Crippen molar-refractivity contribution in [2.75, 3.05) is 79.9 Å². The van der Waals surface area contributed by atoms with Crippen molar-refractivity contribution < 1.29 is 19.0 Å². The molecule has 0 radical (unpaired) electrons. The number of amides is 1. The molecule has 0 saturated carbocycles. The SMILES string of the molecule is COCCN(/C=C(/C#N)C(=O)NCCN1CCOCC1)CCOC. The van der Waals surface area contributed by atoms with E-state index in [2.05, 4.69) is 10.2 Å².